The quantitative estimate of drug-likeness (QED) is 0.724. The largest absolute Gasteiger partial charge is 0.465 e. The van der Waals surface area contributed by atoms with Crippen LogP contribution in [0.1, 0.15) is 30.4 Å². The Hall–Kier alpha value is -1.99. The minimum atomic E-state index is -1.07. The van der Waals surface area contributed by atoms with E-state index in [-0.39, 0.29) is 11.8 Å². The first-order valence-corrected chi connectivity index (χ1v) is 7.78. The van der Waals surface area contributed by atoms with Crippen molar-refractivity contribution in [3.8, 4) is 11.8 Å². The van der Waals surface area contributed by atoms with E-state index < -0.39 is 11.7 Å². The Labute approximate surface area is 130 Å². The number of benzene rings is 1. The van der Waals surface area contributed by atoms with E-state index in [2.05, 4.69) is 11.8 Å². The summed E-state index contributed by atoms with van der Waals surface area (Å²) in [5.41, 5.74) is 0.957. The van der Waals surface area contributed by atoms with Gasteiger partial charge in [-0.1, -0.05) is 24.0 Å². The molecule has 2 aliphatic rings. The topological polar surface area (TPSA) is 60.8 Å². The van der Waals surface area contributed by atoms with Crippen molar-refractivity contribution in [2.45, 2.75) is 31.8 Å². The van der Waals surface area contributed by atoms with Crippen LogP contribution in [0.4, 0.5) is 4.79 Å². The molecule has 0 radical (unpaired) electrons. The molecule has 1 aliphatic heterocycles. The van der Waals surface area contributed by atoms with Gasteiger partial charge < -0.3 is 15.1 Å². The molecule has 0 spiro atoms. The van der Waals surface area contributed by atoms with Crippen LogP contribution in [-0.2, 0) is 0 Å². The van der Waals surface area contributed by atoms with Gasteiger partial charge in [0.05, 0.1) is 0 Å². The second kappa shape index (κ2) is 5.66. The standard InChI is InChI=1S/C18H21NO3/c1-13-4-2-5-14(10-13)7-9-18(22)8-3-6-15-11-19(17(20)21)12-16(15)18/h2,4-5,10,15-16,22H,3,6,8,11-12H2,1H3,(H,20,21). The summed E-state index contributed by atoms with van der Waals surface area (Å²) < 4.78 is 0. The summed E-state index contributed by atoms with van der Waals surface area (Å²) in [6.45, 7) is 2.92. The Bertz CT molecular complexity index is 645. The average Bonchev–Trinajstić information content (AvgIpc) is 2.92. The molecule has 1 heterocycles. The Balaban J connectivity index is 1.84. The first kappa shape index (κ1) is 14.9. The van der Waals surface area contributed by atoms with Crippen LogP contribution in [0.15, 0.2) is 24.3 Å². The van der Waals surface area contributed by atoms with Gasteiger partial charge in [-0.15, -0.1) is 0 Å². The molecule has 3 rings (SSSR count). The summed E-state index contributed by atoms with van der Waals surface area (Å²) in [6.07, 6.45) is 1.60. The maximum atomic E-state index is 11.2. The van der Waals surface area contributed by atoms with Gasteiger partial charge in [0.2, 0.25) is 0 Å². The Morgan fingerprint density at radius 3 is 2.95 bits per heavy atom. The number of carbonyl (C=O) groups is 1. The van der Waals surface area contributed by atoms with E-state index in [1.165, 1.54) is 4.90 Å². The SMILES string of the molecule is Cc1cccc(C#CC2(O)CCCC3CN(C(=O)O)CC32)c1. The van der Waals surface area contributed by atoms with Crippen LogP contribution in [0.3, 0.4) is 0 Å². The molecule has 2 fully saturated rings. The molecule has 4 heteroatoms. The van der Waals surface area contributed by atoms with Crippen molar-refractivity contribution < 1.29 is 15.0 Å². The second-order valence-corrected chi connectivity index (χ2v) is 6.49. The predicted octanol–water partition coefficient (Wildman–Crippen LogP) is 2.49. The van der Waals surface area contributed by atoms with E-state index >= 15 is 0 Å². The van der Waals surface area contributed by atoms with Crippen LogP contribution in [0.2, 0.25) is 0 Å². The molecular weight excluding hydrogens is 278 g/mol. The van der Waals surface area contributed by atoms with Crippen molar-refractivity contribution in [3.05, 3.63) is 35.4 Å². The first-order chi connectivity index (χ1) is 10.5. The Morgan fingerprint density at radius 2 is 2.23 bits per heavy atom. The third-order valence-corrected chi connectivity index (χ3v) is 4.90. The second-order valence-electron chi connectivity index (χ2n) is 6.49. The van der Waals surface area contributed by atoms with Crippen molar-refractivity contribution >= 4 is 6.09 Å². The van der Waals surface area contributed by atoms with Crippen molar-refractivity contribution in [1.82, 2.24) is 4.90 Å². The molecule has 116 valence electrons. The van der Waals surface area contributed by atoms with Gasteiger partial charge in [-0.2, -0.15) is 0 Å². The average molecular weight is 299 g/mol. The third kappa shape index (κ3) is 2.82. The molecular formula is C18H21NO3. The predicted molar refractivity (Wildman–Crippen MR) is 83.4 cm³/mol. The van der Waals surface area contributed by atoms with E-state index in [0.29, 0.717) is 19.5 Å². The zero-order chi connectivity index (χ0) is 15.7. The molecule has 1 saturated heterocycles. The van der Waals surface area contributed by atoms with E-state index in [1.807, 2.05) is 31.2 Å². The molecule has 22 heavy (non-hydrogen) atoms. The molecule has 3 atom stereocenters. The van der Waals surface area contributed by atoms with Crippen molar-refractivity contribution in [1.29, 1.82) is 0 Å². The van der Waals surface area contributed by atoms with Crippen LogP contribution in [0, 0.1) is 30.6 Å². The first-order valence-electron chi connectivity index (χ1n) is 7.78. The lowest BCUT2D eigenvalue weighted by atomic mass is 9.71. The number of nitrogens with zero attached hydrogens (tertiary/aromatic N) is 1. The fourth-order valence-corrected chi connectivity index (χ4v) is 3.74. The van der Waals surface area contributed by atoms with Crippen LogP contribution < -0.4 is 0 Å². The lowest BCUT2D eigenvalue weighted by molar-refractivity contribution is -0.00776. The van der Waals surface area contributed by atoms with Gasteiger partial charge in [-0.25, -0.2) is 4.79 Å². The minimum absolute atomic E-state index is 0.0744. The number of likely N-dealkylation sites (tertiary alicyclic amines) is 1. The maximum Gasteiger partial charge on any atom is 0.407 e. The summed E-state index contributed by atoms with van der Waals surface area (Å²) in [6, 6.07) is 7.89. The number of rotatable bonds is 0. The molecule has 1 amide bonds. The van der Waals surface area contributed by atoms with Crippen LogP contribution in [0.5, 0.6) is 0 Å². The van der Waals surface area contributed by atoms with Crippen molar-refractivity contribution in [2.24, 2.45) is 11.8 Å². The van der Waals surface area contributed by atoms with Gasteiger partial charge in [-0.05, 0) is 49.8 Å². The lowest BCUT2D eigenvalue weighted by Crippen LogP contribution is -2.44. The maximum absolute atomic E-state index is 11.2. The summed E-state index contributed by atoms with van der Waals surface area (Å²) in [4.78, 5) is 12.6. The van der Waals surface area contributed by atoms with Gasteiger partial charge in [0.25, 0.3) is 0 Å². The smallest absolute Gasteiger partial charge is 0.407 e. The number of hydrogen-bond acceptors (Lipinski definition) is 2. The molecule has 1 aromatic carbocycles. The Morgan fingerprint density at radius 1 is 1.41 bits per heavy atom. The molecule has 0 aromatic heterocycles. The lowest BCUT2D eigenvalue weighted by Gasteiger charge is -2.37. The zero-order valence-corrected chi connectivity index (χ0v) is 12.7. The monoisotopic (exact) mass is 299 g/mol. The van der Waals surface area contributed by atoms with Gasteiger partial charge in [0.1, 0.15) is 5.60 Å². The van der Waals surface area contributed by atoms with Crippen molar-refractivity contribution in [3.63, 3.8) is 0 Å². The van der Waals surface area contributed by atoms with E-state index in [0.717, 1.165) is 24.0 Å². The zero-order valence-electron chi connectivity index (χ0n) is 12.7. The Kier molecular flexibility index (Phi) is 3.84. The highest BCUT2D eigenvalue weighted by Crippen LogP contribution is 2.42. The van der Waals surface area contributed by atoms with Gasteiger partial charge in [0, 0.05) is 24.6 Å². The number of amides is 1. The normalized spacial score (nSPS) is 30.4. The number of fused-ring (bicyclic) bond motifs is 1. The molecule has 0 bridgehead atoms. The number of aryl methyl sites for hydroxylation is 1. The molecule has 1 aromatic rings. The highest BCUT2D eigenvalue weighted by molar-refractivity contribution is 5.65. The highest BCUT2D eigenvalue weighted by Gasteiger charge is 2.49. The molecule has 4 nitrogen and oxygen atoms in total. The van der Waals surface area contributed by atoms with E-state index in [4.69, 9.17) is 0 Å². The molecule has 2 N–H and O–H groups in total. The molecule has 1 aliphatic carbocycles. The number of aliphatic hydroxyl groups is 1. The summed E-state index contributed by atoms with van der Waals surface area (Å²) in [5.74, 6) is 6.29. The fourth-order valence-electron chi connectivity index (χ4n) is 3.74. The fraction of sp³-hybridized carbons (Fsp3) is 0.500. The van der Waals surface area contributed by atoms with Gasteiger partial charge in [0.15, 0.2) is 0 Å². The van der Waals surface area contributed by atoms with Crippen LogP contribution in [-0.4, -0.2) is 39.9 Å². The van der Waals surface area contributed by atoms with Gasteiger partial charge in [-0.3, -0.25) is 0 Å². The van der Waals surface area contributed by atoms with Crippen LogP contribution in [0.25, 0.3) is 0 Å². The van der Waals surface area contributed by atoms with Crippen LogP contribution >= 0.6 is 0 Å². The van der Waals surface area contributed by atoms with E-state index in [1.54, 1.807) is 0 Å². The molecule has 1 saturated carbocycles. The third-order valence-electron chi connectivity index (χ3n) is 4.90. The molecule has 3 unspecified atom stereocenters. The van der Waals surface area contributed by atoms with Gasteiger partial charge >= 0.3 is 6.09 Å². The van der Waals surface area contributed by atoms with E-state index in [9.17, 15) is 15.0 Å². The summed E-state index contributed by atoms with van der Waals surface area (Å²) in [7, 11) is 0. The number of carboxylic acid groups (broad SMARTS) is 1. The summed E-state index contributed by atoms with van der Waals surface area (Å²) in [5, 5.41) is 20.2. The summed E-state index contributed by atoms with van der Waals surface area (Å²) >= 11 is 0. The van der Waals surface area contributed by atoms with Crippen molar-refractivity contribution in [2.75, 3.05) is 13.1 Å². The minimum Gasteiger partial charge on any atom is -0.465 e. The number of hydrogen-bond donors (Lipinski definition) is 2. The highest BCUT2D eigenvalue weighted by atomic mass is 16.4.